The smallest absolute Gasteiger partial charge is 0.258 e. The Kier molecular flexibility index (Phi) is 5.99. The van der Waals surface area contributed by atoms with Crippen molar-refractivity contribution < 1.29 is 23.9 Å². The molecule has 7 heteroatoms. The third-order valence-corrected chi connectivity index (χ3v) is 5.99. The standard InChI is InChI=1S/C27H24N2O5/c30-23(20-7-11-24-25(17-20)34-16-15-33-24)10-12-26(31)28-21-8-5-19(6-9-21)27(32)29-14-13-18-3-1-2-4-22(18)29/h1-9,11,17H,10,12-16H2,(H,28,31). The van der Waals surface area contributed by atoms with Gasteiger partial charge in [-0.2, -0.15) is 0 Å². The first-order valence-corrected chi connectivity index (χ1v) is 11.3. The Morgan fingerprint density at radius 2 is 1.56 bits per heavy atom. The minimum atomic E-state index is -0.265. The van der Waals surface area contributed by atoms with E-state index in [9.17, 15) is 14.4 Å². The largest absolute Gasteiger partial charge is 0.486 e. The van der Waals surface area contributed by atoms with Crippen molar-refractivity contribution in [3.8, 4) is 11.5 Å². The lowest BCUT2D eigenvalue weighted by Crippen LogP contribution is -2.28. The van der Waals surface area contributed by atoms with E-state index in [1.807, 2.05) is 24.3 Å². The number of nitrogens with one attached hydrogen (secondary N) is 1. The first-order valence-electron chi connectivity index (χ1n) is 11.3. The van der Waals surface area contributed by atoms with Crippen LogP contribution in [0.25, 0.3) is 0 Å². The van der Waals surface area contributed by atoms with Crippen LogP contribution in [-0.2, 0) is 11.2 Å². The molecule has 0 fully saturated rings. The predicted molar refractivity (Wildman–Crippen MR) is 128 cm³/mol. The first-order chi connectivity index (χ1) is 16.6. The van der Waals surface area contributed by atoms with E-state index in [1.165, 1.54) is 5.56 Å². The van der Waals surface area contributed by atoms with Gasteiger partial charge in [0, 0.05) is 41.9 Å². The molecule has 2 heterocycles. The number of ketones is 1. The Morgan fingerprint density at radius 1 is 0.824 bits per heavy atom. The maximum Gasteiger partial charge on any atom is 0.258 e. The molecular weight excluding hydrogens is 432 g/mol. The van der Waals surface area contributed by atoms with E-state index in [4.69, 9.17) is 9.47 Å². The van der Waals surface area contributed by atoms with Crippen molar-refractivity contribution in [1.82, 2.24) is 0 Å². The van der Waals surface area contributed by atoms with Crippen LogP contribution < -0.4 is 19.7 Å². The second-order valence-corrected chi connectivity index (χ2v) is 8.24. The van der Waals surface area contributed by atoms with Gasteiger partial charge in [-0.3, -0.25) is 14.4 Å². The van der Waals surface area contributed by atoms with Gasteiger partial charge >= 0.3 is 0 Å². The zero-order valence-electron chi connectivity index (χ0n) is 18.6. The summed E-state index contributed by atoms with van der Waals surface area (Å²) in [5.74, 6) is 0.704. The molecule has 172 valence electrons. The lowest BCUT2D eigenvalue weighted by atomic mass is 10.1. The number of anilines is 2. The van der Waals surface area contributed by atoms with Gasteiger partial charge in [0.05, 0.1) is 0 Å². The molecule has 34 heavy (non-hydrogen) atoms. The molecule has 2 aliphatic heterocycles. The van der Waals surface area contributed by atoms with Gasteiger partial charge in [0.1, 0.15) is 13.2 Å². The van der Waals surface area contributed by atoms with E-state index < -0.39 is 0 Å². The van der Waals surface area contributed by atoms with Crippen molar-refractivity contribution in [2.75, 3.05) is 30.0 Å². The summed E-state index contributed by atoms with van der Waals surface area (Å²) in [6.45, 7) is 1.60. The number of para-hydroxylation sites is 1. The normalized spacial score (nSPS) is 13.8. The first kappa shape index (κ1) is 21.7. The minimum Gasteiger partial charge on any atom is -0.486 e. The van der Waals surface area contributed by atoms with Gasteiger partial charge < -0.3 is 19.7 Å². The molecule has 0 unspecified atom stereocenters. The lowest BCUT2D eigenvalue weighted by molar-refractivity contribution is -0.116. The molecule has 0 spiro atoms. The summed E-state index contributed by atoms with van der Waals surface area (Å²) < 4.78 is 11.0. The van der Waals surface area contributed by atoms with Crippen LogP contribution in [0.1, 0.15) is 39.1 Å². The van der Waals surface area contributed by atoms with Crippen molar-refractivity contribution in [3.05, 3.63) is 83.4 Å². The average molecular weight is 456 g/mol. The quantitative estimate of drug-likeness (QED) is 0.560. The van der Waals surface area contributed by atoms with Crippen molar-refractivity contribution >= 4 is 29.0 Å². The number of rotatable bonds is 6. The van der Waals surface area contributed by atoms with Gasteiger partial charge in [0.2, 0.25) is 5.91 Å². The molecule has 2 amide bonds. The molecule has 5 rings (SSSR count). The Morgan fingerprint density at radius 3 is 2.38 bits per heavy atom. The summed E-state index contributed by atoms with van der Waals surface area (Å²) in [5.41, 5.74) is 3.75. The summed E-state index contributed by atoms with van der Waals surface area (Å²) >= 11 is 0. The van der Waals surface area contributed by atoms with Crippen LogP contribution in [0.3, 0.4) is 0 Å². The number of amides is 2. The fourth-order valence-corrected chi connectivity index (χ4v) is 4.21. The van der Waals surface area contributed by atoms with Crippen molar-refractivity contribution in [2.24, 2.45) is 0 Å². The molecule has 0 aromatic heterocycles. The summed E-state index contributed by atoms with van der Waals surface area (Å²) in [7, 11) is 0. The molecule has 0 saturated carbocycles. The number of Topliss-reactive ketones (excluding diaryl/α,β-unsaturated/α-hetero) is 1. The molecule has 0 bridgehead atoms. The maximum absolute atomic E-state index is 12.9. The highest BCUT2D eigenvalue weighted by atomic mass is 16.6. The third kappa shape index (κ3) is 4.50. The van der Waals surface area contributed by atoms with Gasteiger partial charge in [-0.25, -0.2) is 0 Å². The summed E-state index contributed by atoms with van der Waals surface area (Å²) in [5, 5.41) is 2.79. The average Bonchev–Trinajstić information content (AvgIpc) is 3.31. The molecule has 0 radical (unpaired) electrons. The molecule has 0 atom stereocenters. The highest BCUT2D eigenvalue weighted by Crippen LogP contribution is 2.31. The number of benzene rings is 3. The van der Waals surface area contributed by atoms with Crippen LogP contribution in [-0.4, -0.2) is 37.4 Å². The molecule has 1 N–H and O–H groups in total. The lowest BCUT2D eigenvalue weighted by Gasteiger charge is -2.18. The van der Waals surface area contributed by atoms with Crippen LogP contribution in [0.2, 0.25) is 0 Å². The Bertz CT molecular complexity index is 1250. The van der Waals surface area contributed by atoms with E-state index in [-0.39, 0.29) is 30.4 Å². The monoisotopic (exact) mass is 456 g/mol. The molecule has 0 saturated heterocycles. The van der Waals surface area contributed by atoms with Crippen molar-refractivity contribution in [1.29, 1.82) is 0 Å². The molecule has 0 aliphatic carbocycles. The number of hydrogen-bond acceptors (Lipinski definition) is 5. The molecular formula is C27H24N2O5. The van der Waals surface area contributed by atoms with Crippen LogP contribution in [0.5, 0.6) is 11.5 Å². The second kappa shape index (κ2) is 9.39. The minimum absolute atomic E-state index is 0.0541. The third-order valence-electron chi connectivity index (χ3n) is 5.99. The van der Waals surface area contributed by atoms with E-state index in [1.54, 1.807) is 47.4 Å². The Hall–Kier alpha value is -4.13. The van der Waals surface area contributed by atoms with Gasteiger partial charge in [0.15, 0.2) is 17.3 Å². The highest BCUT2D eigenvalue weighted by molar-refractivity contribution is 6.07. The number of fused-ring (bicyclic) bond motifs is 2. The maximum atomic E-state index is 12.9. The molecule has 2 aliphatic rings. The zero-order valence-corrected chi connectivity index (χ0v) is 18.6. The second-order valence-electron chi connectivity index (χ2n) is 8.24. The van der Waals surface area contributed by atoms with Crippen LogP contribution in [0, 0.1) is 0 Å². The molecule has 3 aromatic rings. The van der Waals surface area contributed by atoms with E-state index >= 15 is 0 Å². The topological polar surface area (TPSA) is 84.9 Å². The molecule has 7 nitrogen and oxygen atoms in total. The number of carbonyl (C=O) groups is 3. The number of ether oxygens (including phenoxy) is 2. The number of carbonyl (C=O) groups excluding carboxylic acids is 3. The summed E-state index contributed by atoms with van der Waals surface area (Å²) in [4.78, 5) is 39.6. The zero-order chi connectivity index (χ0) is 23.5. The van der Waals surface area contributed by atoms with Crippen LogP contribution in [0.15, 0.2) is 66.7 Å². The fourth-order valence-electron chi connectivity index (χ4n) is 4.21. The fraction of sp³-hybridized carbons (Fsp3) is 0.222. The van der Waals surface area contributed by atoms with Crippen molar-refractivity contribution in [2.45, 2.75) is 19.3 Å². The van der Waals surface area contributed by atoms with E-state index in [2.05, 4.69) is 5.32 Å². The van der Waals surface area contributed by atoms with Crippen LogP contribution in [0.4, 0.5) is 11.4 Å². The number of nitrogens with zero attached hydrogens (tertiary/aromatic N) is 1. The number of hydrogen-bond donors (Lipinski definition) is 1. The van der Waals surface area contributed by atoms with Gasteiger partial charge in [0.25, 0.3) is 5.91 Å². The van der Waals surface area contributed by atoms with E-state index in [0.717, 1.165) is 12.1 Å². The van der Waals surface area contributed by atoms with Gasteiger partial charge in [-0.1, -0.05) is 18.2 Å². The SMILES string of the molecule is O=C(CCC(=O)c1ccc2c(c1)OCCO2)Nc1ccc(C(=O)N2CCc3ccccc32)cc1. The van der Waals surface area contributed by atoms with Crippen LogP contribution >= 0.6 is 0 Å². The Balaban J connectivity index is 1.15. The van der Waals surface area contributed by atoms with Crippen molar-refractivity contribution in [3.63, 3.8) is 0 Å². The Labute approximate surface area is 197 Å². The molecule has 3 aromatic carbocycles. The van der Waals surface area contributed by atoms with Gasteiger partial charge in [-0.15, -0.1) is 0 Å². The van der Waals surface area contributed by atoms with E-state index in [0.29, 0.717) is 48.1 Å². The predicted octanol–water partition coefficient (Wildman–Crippen LogP) is 4.26. The highest BCUT2D eigenvalue weighted by Gasteiger charge is 2.25. The summed E-state index contributed by atoms with van der Waals surface area (Å²) in [6.07, 6.45) is 0.982. The summed E-state index contributed by atoms with van der Waals surface area (Å²) in [6, 6.07) is 19.8. The van der Waals surface area contributed by atoms with Gasteiger partial charge in [-0.05, 0) is 60.5 Å².